The largest absolute Gasteiger partial charge is 0.301 e. The Bertz CT molecular complexity index is 1000. The van der Waals surface area contributed by atoms with Gasteiger partial charge in [-0.05, 0) is 38.2 Å². The van der Waals surface area contributed by atoms with E-state index in [0.717, 1.165) is 11.8 Å². The highest BCUT2D eigenvalue weighted by Crippen LogP contribution is 2.41. The number of fused-ring (bicyclic) bond motifs is 2. The van der Waals surface area contributed by atoms with Gasteiger partial charge < -0.3 is 4.98 Å². The SMILES string of the molecule is CSc1nc(Cl)c2c(n1)C(F)(F)CCC2.CSc1nc2c(c(=O)[nH]1)CCCC2(F)F. The number of hydrogen-bond donors (Lipinski definition) is 1. The first-order valence-electron chi connectivity index (χ1n) is 9.13. The molecule has 0 aliphatic heterocycles. The normalized spacial score (nSPS) is 18.6. The van der Waals surface area contributed by atoms with Gasteiger partial charge in [0, 0.05) is 24.0 Å². The van der Waals surface area contributed by atoms with Gasteiger partial charge in [-0.1, -0.05) is 35.1 Å². The van der Waals surface area contributed by atoms with Crippen molar-refractivity contribution in [3.8, 4) is 0 Å². The predicted octanol–water partition coefficient (Wildman–Crippen LogP) is 5.20. The third kappa shape index (κ3) is 4.77. The maximum atomic E-state index is 13.5. The zero-order chi connectivity index (χ0) is 22.1. The molecule has 4 rings (SSSR count). The summed E-state index contributed by atoms with van der Waals surface area (Å²) in [5.74, 6) is -5.81. The minimum Gasteiger partial charge on any atom is -0.301 e. The van der Waals surface area contributed by atoms with Crippen LogP contribution in [0.1, 0.15) is 48.2 Å². The second kappa shape index (κ2) is 9.04. The van der Waals surface area contributed by atoms with E-state index in [1.165, 1.54) is 11.8 Å². The van der Waals surface area contributed by atoms with Crippen molar-refractivity contribution in [3.05, 3.63) is 38.0 Å². The van der Waals surface area contributed by atoms with Crippen molar-refractivity contribution in [2.45, 2.75) is 60.7 Å². The lowest BCUT2D eigenvalue weighted by Gasteiger charge is -2.24. The van der Waals surface area contributed by atoms with Gasteiger partial charge in [-0.15, -0.1) is 0 Å². The van der Waals surface area contributed by atoms with Crippen molar-refractivity contribution in [3.63, 3.8) is 0 Å². The number of thioether (sulfide) groups is 2. The lowest BCUT2D eigenvalue weighted by molar-refractivity contribution is -0.0277. The van der Waals surface area contributed by atoms with Crippen LogP contribution < -0.4 is 5.56 Å². The highest BCUT2D eigenvalue weighted by molar-refractivity contribution is 7.98. The molecule has 0 radical (unpaired) electrons. The standard InChI is InChI=1S/C9H9ClF2N2S.C9H10F2N2OS/c1-15-8-13-6-5(7(10)14-8)3-2-4-9(6,11)12;1-15-8-12-6-5(7(14)13-8)3-2-4-9(6,10)11/h2-4H2,1H3;2-4H2,1H3,(H,12,13,14). The monoisotopic (exact) mass is 482 g/mol. The predicted molar refractivity (Wildman–Crippen MR) is 109 cm³/mol. The molecule has 0 saturated heterocycles. The lowest BCUT2D eigenvalue weighted by atomic mass is 9.94. The topological polar surface area (TPSA) is 71.5 Å². The number of H-pyrrole nitrogens is 1. The quantitative estimate of drug-likeness (QED) is 0.274. The molecule has 0 unspecified atom stereocenters. The molecule has 2 aromatic rings. The number of aromatic nitrogens is 4. The molecule has 0 atom stereocenters. The molecule has 0 bridgehead atoms. The molecule has 0 fully saturated rings. The van der Waals surface area contributed by atoms with E-state index in [2.05, 4.69) is 19.9 Å². The van der Waals surface area contributed by atoms with Gasteiger partial charge in [-0.3, -0.25) is 4.79 Å². The molecule has 30 heavy (non-hydrogen) atoms. The van der Waals surface area contributed by atoms with E-state index in [1.807, 2.05) is 0 Å². The Morgan fingerprint density at radius 3 is 2.03 bits per heavy atom. The molecule has 164 valence electrons. The van der Waals surface area contributed by atoms with Crippen LogP contribution in [0.3, 0.4) is 0 Å². The van der Waals surface area contributed by atoms with Crippen molar-refractivity contribution in [1.82, 2.24) is 19.9 Å². The highest BCUT2D eigenvalue weighted by atomic mass is 35.5. The fourth-order valence-corrected chi connectivity index (χ4v) is 4.43. The molecule has 0 amide bonds. The first-order valence-corrected chi connectivity index (χ1v) is 12.0. The van der Waals surface area contributed by atoms with E-state index in [-0.39, 0.29) is 40.1 Å². The van der Waals surface area contributed by atoms with Crippen LogP contribution in [0.2, 0.25) is 5.15 Å². The van der Waals surface area contributed by atoms with Gasteiger partial charge in [0.2, 0.25) is 0 Å². The lowest BCUT2D eigenvalue weighted by Crippen LogP contribution is -2.30. The summed E-state index contributed by atoms with van der Waals surface area (Å²) in [6.07, 6.45) is 4.75. The number of alkyl halides is 4. The van der Waals surface area contributed by atoms with Gasteiger partial charge in [0.05, 0.1) is 0 Å². The van der Waals surface area contributed by atoms with E-state index >= 15 is 0 Å². The van der Waals surface area contributed by atoms with Crippen molar-refractivity contribution < 1.29 is 17.6 Å². The summed E-state index contributed by atoms with van der Waals surface area (Å²) < 4.78 is 54.0. The van der Waals surface area contributed by atoms with Gasteiger partial charge in [0.15, 0.2) is 10.3 Å². The Morgan fingerprint density at radius 1 is 0.900 bits per heavy atom. The number of rotatable bonds is 2. The maximum absolute atomic E-state index is 13.5. The fraction of sp³-hybridized carbons (Fsp3) is 0.556. The number of aromatic amines is 1. The van der Waals surface area contributed by atoms with Crippen molar-refractivity contribution >= 4 is 35.1 Å². The zero-order valence-electron chi connectivity index (χ0n) is 16.2. The Balaban J connectivity index is 0.000000171. The molecule has 2 aliphatic carbocycles. The average Bonchev–Trinajstić information content (AvgIpc) is 2.69. The number of hydrogen-bond acceptors (Lipinski definition) is 6. The Labute approximate surface area is 183 Å². The van der Waals surface area contributed by atoms with Crippen LogP contribution in [-0.2, 0) is 24.7 Å². The molecule has 2 aromatic heterocycles. The first-order chi connectivity index (χ1) is 14.1. The van der Waals surface area contributed by atoms with Gasteiger partial charge in [-0.2, -0.15) is 17.6 Å². The van der Waals surface area contributed by atoms with Crippen molar-refractivity contribution in [1.29, 1.82) is 0 Å². The van der Waals surface area contributed by atoms with E-state index < -0.39 is 17.4 Å². The zero-order valence-corrected chi connectivity index (χ0v) is 18.6. The second-order valence-electron chi connectivity index (χ2n) is 6.85. The molecule has 0 spiro atoms. The minimum absolute atomic E-state index is 0.143. The van der Waals surface area contributed by atoms with E-state index in [9.17, 15) is 22.4 Å². The van der Waals surface area contributed by atoms with Crippen molar-refractivity contribution in [2.24, 2.45) is 0 Å². The molecule has 0 aromatic carbocycles. The van der Waals surface area contributed by atoms with Crippen LogP contribution in [0, 0.1) is 0 Å². The summed E-state index contributed by atoms with van der Waals surface area (Å²) in [5, 5.41) is 0.726. The van der Waals surface area contributed by atoms with Crippen LogP contribution in [0.5, 0.6) is 0 Å². The summed E-state index contributed by atoms with van der Waals surface area (Å²) in [7, 11) is 0. The molecule has 1 N–H and O–H groups in total. The van der Waals surface area contributed by atoms with Crippen LogP contribution >= 0.6 is 35.1 Å². The molecule has 5 nitrogen and oxygen atoms in total. The molecule has 2 heterocycles. The Morgan fingerprint density at radius 2 is 1.47 bits per heavy atom. The Hall–Kier alpha value is -1.33. The van der Waals surface area contributed by atoms with E-state index in [4.69, 9.17) is 11.6 Å². The second-order valence-corrected chi connectivity index (χ2v) is 8.77. The van der Waals surface area contributed by atoms with Crippen LogP contribution in [0.15, 0.2) is 15.1 Å². The average molecular weight is 483 g/mol. The summed E-state index contributed by atoms with van der Waals surface area (Å²) in [4.78, 5) is 25.6. The molecular weight excluding hydrogens is 464 g/mol. The maximum Gasteiger partial charge on any atom is 0.290 e. The molecule has 12 heteroatoms. The first kappa shape index (κ1) is 23.3. The molecule has 2 aliphatic rings. The number of halogens is 5. The number of nitrogens with zero attached hydrogens (tertiary/aromatic N) is 3. The minimum atomic E-state index is -2.95. The van der Waals surface area contributed by atoms with Crippen LogP contribution in [-0.4, -0.2) is 32.4 Å². The van der Waals surface area contributed by atoms with Crippen LogP contribution in [0.25, 0.3) is 0 Å². The third-order valence-electron chi connectivity index (χ3n) is 4.83. The summed E-state index contributed by atoms with van der Waals surface area (Å²) >= 11 is 8.23. The summed E-state index contributed by atoms with van der Waals surface area (Å²) in [6.45, 7) is 0. The third-order valence-corrected chi connectivity index (χ3v) is 6.27. The van der Waals surface area contributed by atoms with E-state index in [1.54, 1.807) is 12.5 Å². The summed E-state index contributed by atoms with van der Waals surface area (Å²) in [6, 6.07) is 0. The van der Waals surface area contributed by atoms with Crippen molar-refractivity contribution in [2.75, 3.05) is 12.5 Å². The van der Waals surface area contributed by atoms with Gasteiger partial charge in [-0.25, -0.2) is 15.0 Å². The number of nitrogens with one attached hydrogen (secondary N) is 1. The van der Waals surface area contributed by atoms with Crippen LogP contribution in [0.4, 0.5) is 17.6 Å². The van der Waals surface area contributed by atoms with Gasteiger partial charge in [0.1, 0.15) is 16.5 Å². The molecular formula is C18H19ClF4N4OS2. The highest BCUT2D eigenvalue weighted by Gasteiger charge is 2.40. The fourth-order valence-electron chi connectivity index (χ4n) is 3.37. The van der Waals surface area contributed by atoms with Gasteiger partial charge >= 0.3 is 0 Å². The van der Waals surface area contributed by atoms with Gasteiger partial charge in [0.25, 0.3) is 17.4 Å². The smallest absolute Gasteiger partial charge is 0.290 e. The Kier molecular flexibility index (Phi) is 7.03. The molecule has 0 saturated carbocycles. The van der Waals surface area contributed by atoms with E-state index in [0.29, 0.717) is 36.4 Å². The summed E-state index contributed by atoms with van der Waals surface area (Å²) in [5.41, 5.74) is -0.390.